The minimum Gasteiger partial charge on any atom is -0.351 e. The number of carbonyl (C=O) groups excluding carboxylic acids is 1. The molecule has 0 aromatic carbocycles. The molecule has 1 aliphatic heterocycles. The molecular weight excluding hydrogens is 314 g/mol. The van der Waals surface area contributed by atoms with Crippen LogP contribution in [0.25, 0.3) is 0 Å². The van der Waals surface area contributed by atoms with Crippen molar-refractivity contribution >= 4 is 18.3 Å². The molecule has 0 atom stereocenters. The van der Waals surface area contributed by atoms with Crippen molar-refractivity contribution in [2.75, 3.05) is 39.3 Å². The fraction of sp³-hybridized carbons (Fsp3) is 0.750. The average molecular weight is 344 g/mol. The average Bonchev–Trinajstić information content (AvgIpc) is 2.87. The zero-order valence-electron chi connectivity index (χ0n) is 14.7. The van der Waals surface area contributed by atoms with E-state index in [4.69, 9.17) is 0 Å². The van der Waals surface area contributed by atoms with Gasteiger partial charge in [0.05, 0.1) is 5.69 Å². The maximum absolute atomic E-state index is 12.3. The number of carbonyl (C=O) groups is 1. The van der Waals surface area contributed by atoms with Crippen molar-refractivity contribution in [1.82, 2.24) is 25.3 Å². The Kier molecular flexibility index (Phi) is 7.51. The molecule has 6 nitrogen and oxygen atoms in total. The minimum absolute atomic E-state index is 0. The molecule has 23 heavy (non-hydrogen) atoms. The van der Waals surface area contributed by atoms with Crippen LogP contribution < -0.4 is 10.6 Å². The van der Waals surface area contributed by atoms with E-state index in [1.807, 2.05) is 13.1 Å². The zero-order chi connectivity index (χ0) is 16.2. The van der Waals surface area contributed by atoms with Crippen molar-refractivity contribution < 1.29 is 4.79 Å². The summed E-state index contributed by atoms with van der Waals surface area (Å²) in [7, 11) is 1.82. The molecule has 2 rings (SSSR count). The fourth-order valence-corrected chi connectivity index (χ4v) is 2.58. The van der Waals surface area contributed by atoms with Crippen molar-refractivity contribution in [3.8, 4) is 0 Å². The Morgan fingerprint density at radius 3 is 2.57 bits per heavy atom. The van der Waals surface area contributed by atoms with Crippen molar-refractivity contribution in [2.24, 2.45) is 7.05 Å². The molecule has 1 amide bonds. The van der Waals surface area contributed by atoms with Crippen LogP contribution >= 0.6 is 12.4 Å². The largest absolute Gasteiger partial charge is 0.351 e. The molecule has 132 valence electrons. The molecular formula is C16H30ClN5O. The number of amides is 1. The Hall–Kier alpha value is -1.11. The number of piperazine rings is 1. The highest BCUT2D eigenvalue weighted by Crippen LogP contribution is 2.21. The normalized spacial score (nSPS) is 16.0. The van der Waals surface area contributed by atoms with Gasteiger partial charge in [-0.05, 0) is 19.0 Å². The Labute approximate surface area is 145 Å². The smallest absolute Gasteiger partial charge is 0.269 e. The molecule has 0 spiro atoms. The Bertz CT molecular complexity index is 503. The van der Waals surface area contributed by atoms with Crippen LogP contribution in [-0.2, 0) is 12.5 Å². The van der Waals surface area contributed by atoms with E-state index in [0.29, 0.717) is 12.2 Å². The molecule has 2 heterocycles. The predicted octanol–water partition coefficient (Wildman–Crippen LogP) is 1.16. The summed E-state index contributed by atoms with van der Waals surface area (Å²) in [5.41, 5.74) is 1.53. The second-order valence-corrected chi connectivity index (χ2v) is 6.99. The molecule has 1 aromatic heterocycles. The molecule has 7 heteroatoms. The van der Waals surface area contributed by atoms with Crippen LogP contribution in [0.2, 0.25) is 0 Å². The summed E-state index contributed by atoms with van der Waals surface area (Å²) in [5, 5.41) is 10.8. The lowest BCUT2D eigenvalue weighted by Crippen LogP contribution is -2.44. The van der Waals surface area contributed by atoms with Crippen LogP contribution in [0.1, 0.15) is 43.4 Å². The lowest BCUT2D eigenvalue weighted by Gasteiger charge is -2.27. The first-order valence-electron chi connectivity index (χ1n) is 8.14. The fourth-order valence-electron chi connectivity index (χ4n) is 2.58. The van der Waals surface area contributed by atoms with E-state index >= 15 is 0 Å². The van der Waals surface area contributed by atoms with Crippen LogP contribution in [-0.4, -0.2) is 59.9 Å². The van der Waals surface area contributed by atoms with E-state index in [0.717, 1.165) is 44.8 Å². The zero-order valence-corrected chi connectivity index (χ0v) is 15.5. The SMILES string of the molecule is Cl.Cn1nc(C(C)(C)C)cc1C(=O)NCCCN1CCNCC1. The van der Waals surface area contributed by atoms with Crippen molar-refractivity contribution in [2.45, 2.75) is 32.6 Å². The molecule has 0 bridgehead atoms. The number of aryl methyl sites for hydroxylation is 1. The third-order valence-electron chi connectivity index (χ3n) is 4.03. The predicted molar refractivity (Wildman–Crippen MR) is 95.4 cm³/mol. The maximum atomic E-state index is 12.3. The summed E-state index contributed by atoms with van der Waals surface area (Å²) in [6, 6.07) is 1.89. The van der Waals surface area contributed by atoms with Gasteiger partial charge in [-0.25, -0.2) is 0 Å². The molecule has 1 aromatic rings. The lowest BCUT2D eigenvalue weighted by molar-refractivity contribution is 0.0942. The first-order chi connectivity index (χ1) is 10.4. The molecule has 1 saturated heterocycles. The van der Waals surface area contributed by atoms with E-state index in [2.05, 4.69) is 41.4 Å². The first-order valence-corrected chi connectivity index (χ1v) is 8.14. The van der Waals surface area contributed by atoms with Gasteiger partial charge in [-0.15, -0.1) is 12.4 Å². The quantitative estimate of drug-likeness (QED) is 0.788. The summed E-state index contributed by atoms with van der Waals surface area (Å²) < 4.78 is 1.67. The summed E-state index contributed by atoms with van der Waals surface area (Å²) in [6.45, 7) is 12.4. The number of rotatable bonds is 5. The molecule has 0 radical (unpaired) electrons. The van der Waals surface area contributed by atoms with Gasteiger partial charge in [0.25, 0.3) is 5.91 Å². The van der Waals surface area contributed by atoms with Crippen molar-refractivity contribution in [3.05, 3.63) is 17.5 Å². The van der Waals surface area contributed by atoms with E-state index in [-0.39, 0.29) is 23.7 Å². The number of hydrogen-bond donors (Lipinski definition) is 2. The van der Waals surface area contributed by atoms with Gasteiger partial charge >= 0.3 is 0 Å². The van der Waals surface area contributed by atoms with Gasteiger partial charge in [-0.2, -0.15) is 5.10 Å². The van der Waals surface area contributed by atoms with Crippen LogP contribution in [0.15, 0.2) is 6.07 Å². The van der Waals surface area contributed by atoms with Gasteiger partial charge in [0, 0.05) is 45.2 Å². The van der Waals surface area contributed by atoms with Crippen LogP contribution in [0.3, 0.4) is 0 Å². The molecule has 2 N–H and O–H groups in total. The van der Waals surface area contributed by atoms with Gasteiger partial charge in [-0.1, -0.05) is 20.8 Å². The second-order valence-electron chi connectivity index (χ2n) is 6.99. The topological polar surface area (TPSA) is 62.2 Å². The first kappa shape index (κ1) is 19.9. The Morgan fingerprint density at radius 2 is 2.00 bits per heavy atom. The van der Waals surface area contributed by atoms with Gasteiger partial charge in [0.2, 0.25) is 0 Å². The summed E-state index contributed by atoms with van der Waals surface area (Å²) >= 11 is 0. The number of hydrogen-bond acceptors (Lipinski definition) is 4. The highest BCUT2D eigenvalue weighted by atomic mass is 35.5. The minimum atomic E-state index is -0.0431. The highest BCUT2D eigenvalue weighted by molar-refractivity contribution is 5.92. The van der Waals surface area contributed by atoms with Crippen LogP contribution in [0.5, 0.6) is 0 Å². The lowest BCUT2D eigenvalue weighted by atomic mass is 9.92. The Balaban J connectivity index is 0.00000264. The second kappa shape index (κ2) is 8.66. The number of nitrogens with zero attached hydrogens (tertiary/aromatic N) is 3. The molecule has 0 unspecified atom stereocenters. The summed E-state index contributed by atoms with van der Waals surface area (Å²) in [6.07, 6.45) is 0.982. The summed E-state index contributed by atoms with van der Waals surface area (Å²) in [5.74, 6) is -0.0363. The Morgan fingerprint density at radius 1 is 1.35 bits per heavy atom. The van der Waals surface area contributed by atoms with Crippen LogP contribution in [0, 0.1) is 0 Å². The van der Waals surface area contributed by atoms with E-state index < -0.39 is 0 Å². The van der Waals surface area contributed by atoms with E-state index in [1.165, 1.54) is 0 Å². The van der Waals surface area contributed by atoms with Gasteiger partial charge in [0.15, 0.2) is 0 Å². The molecule has 0 aliphatic carbocycles. The third kappa shape index (κ3) is 5.79. The standard InChI is InChI=1S/C16H29N5O.ClH/c1-16(2,3)14-12-13(20(4)19-14)15(22)18-6-5-9-21-10-7-17-8-11-21;/h12,17H,5-11H2,1-4H3,(H,18,22);1H. The maximum Gasteiger partial charge on any atom is 0.269 e. The summed E-state index contributed by atoms with van der Waals surface area (Å²) in [4.78, 5) is 14.7. The highest BCUT2D eigenvalue weighted by Gasteiger charge is 2.21. The van der Waals surface area contributed by atoms with Gasteiger partial charge < -0.3 is 15.5 Å². The third-order valence-corrected chi connectivity index (χ3v) is 4.03. The van der Waals surface area contributed by atoms with Gasteiger partial charge in [0.1, 0.15) is 5.69 Å². The monoisotopic (exact) mass is 343 g/mol. The van der Waals surface area contributed by atoms with Crippen LogP contribution in [0.4, 0.5) is 0 Å². The van der Waals surface area contributed by atoms with E-state index in [9.17, 15) is 4.79 Å². The van der Waals surface area contributed by atoms with Gasteiger partial charge in [-0.3, -0.25) is 9.48 Å². The van der Waals surface area contributed by atoms with Crippen molar-refractivity contribution in [3.63, 3.8) is 0 Å². The number of halogens is 1. The number of nitrogens with one attached hydrogen (secondary N) is 2. The molecule has 1 fully saturated rings. The van der Waals surface area contributed by atoms with E-state index in [1.54, 1.807) is 4.68 Å². The van der Waals surface area contributed by atoms with Crippen molar-refractivity contribution in [1.29, 1.82) is 0 Å². The number of aromatic nitrogens is 2. The molecule has 1 aliphatic rings. The molecule has 0 saturated carbocycles.